The van der Waals surface area contributed by atoms with Crippen molar-refractivity contribution in [1.82, 2.24) is 19.9 Å². The van der Waals surface area contributed by atoms with Crippen LogP contribution in [0.25, 0.3) is 31.8 Å². The maximum Gasteiger partial charge on any atom is 0.359 e. The highest BCUT2D eigenvalue weighted by Gasteiger charge is 2.20. The van der Waals surface area contributed by atoms with Crippen LogP contribution >= 0.6 is 11.3 Å². The van der Waals surface area contributed by atoms with Gasteiger partial charge in [0.1, 0.15) is 17.3 Å². The molecule has 0 fully saturated rings. The zero-order valence-corrected chi connectivity index (χ0v) is 16.0. The van der Waals surface area contributed by atoms with Gasteiger partial charge in [-0.25, -0.2) is 19.7 Å². The van der Waals surface area contributed by atoms with E-state index in [2.05, 4.69) is 19.9 Å². The van der Waals surface area contributed by atoms with Crippen molar-refractivity contribution in [3.8, 4) is 10.7 Å². The predicted molar refractivity (Wildman–Crippen MR) is 112 cm³/mol. The first-order chi connectivity index (χ1) is 14.3. The van der Waals surface area contributed by atoms with Gasteiger partial charge in [-0.05, 0) is 18.2 Å². The molecule has 0 aliphatic heterocycles. The fourth-order valence-electron chi connectivity index (χ4n) is 3.11. The molecule has 0 unspecified atom stereocenters. The van der Waals surface area contributed by atoms with Gasteiger partial charge in [0.25, 0.3) is 0 Å². The third kappa shape index (κ3) is 3.32. The number of fused-ring (bicyclic) bond motifs is 2. The first-order valence-corrected chi connectivity index (χ1v) is 9.78. The number of nitrogens with zero attached hydrogens (tertiary/aromatic N) is 4. The van der Waals surface area contributed by atoms with Gasteiger partial charge in [0.05, 0.1) is 15.7 Å². The Kier molecular flexibility index (Phi) is 4.42. The summed E-state index contributed by atoms with van der Waals surface area (Å²) in [5.74, 6) is -0.541. The molecule has 5 aromatic rings. The molecule has 5 rings (SSSR count). The Morgan fingerprint density at radius 3 is 2.69 bits per heavy atom. The van der Waals surface area contributed by atoms with Crippen molar-refractivity contribution >= 4 is 38.4 Å². The summed E-state index contributed by atoms with van der Waals surface area (Å²) in [5.41, 5.74) is 3.09. The quantitative estimate of drug-likeness (QED) is 0.410. The summed E-state index contributed by atoms with van der Waals surface area (Å²) in [6, 6.07) is 17.4. The van der Waals surface area contributed by atoms with Crippen LogP contribution in [-0.4, -0.2) is 25.9 Å². The first-order valence-electron chi connectivity index (χ1n) is 8.96. The van der Waals surface area contributed by atoms with Gasteiger partial charge >= 0.3 is 5.97 Å². The molecule has 0 N–H and O–H groups in total. The minimum atomic E-state index is -0.541. The Balaban J connectivity index is 1.44. The molecule has 140 valence electrons. The number of para-hydroxylation sites is 2. The lowest BCUT2D eigenvalue weighted by molar-refractivity contribution is 0.0468. The van der Waals surface area contributed by atoms with Crippen molar-refractivity contribution in [2.45, 2.75) is 6.61 Å². The van der Waals surface area contributed by atoms with Gasteiger partial charge in [0.2, 0.25) is 0 Å². The number of hydrogen-bond donors (Lipinski definition) is 0. The highest BCUT2D eigenvalue weighted by atomic mass is 32.1. The highest BCUT2D eigenvalue weighted by Crippen LogP contribution is 2.30. The van der Waals surface area contributed by atoms with Crippen LogP contribution in [0.1, 0.15) is 16.1 Å². The Morgan fingerprint density at radius 1 is 0.897 bits per heavy atom. The van der Waals surface area contributed by atoms with E-state index in [-0.39, 0.29) is 12.3 Å². The molecule has 0 spiro atoms. The van der Waals surface area contributed by atoms with Crippen LogP contribution in [0, 0.1) is 0 Å². The minimum absolute atomic E-state index is 0.100. The molecule has 2 aromatic carbocycles. The van der Waals surface area contributed by atoms with Gasteiger partial charge in [-0.15, -0.1) is 11.3 Å². The molecule has 0 aliphatic rings. The minimum Gasteiger partial charge on any atom is -0.456 e. The second-order valence-corrected chi connectivity index (χ2v) is 7.34. The van der Waals surface area contributed by atoms with Crippen LogP contribution in [0.5, 0.6) is 0 Å². The van der Waals surface area contributed by atoms with Crippen LogP contribution in [0.15, 0.2) is 73.2 Å². The molecule has 0 aliphatic carbocycles. The molecule has 3 heterocycles. The summed E-state index contributed by atoms with van der Waals surface area (Å²) in [7, 11) is 0. The first kappa shape index (κ1) is 17.4. The molecule has 0 amide bonds. The number of carbonyl (C=O) groups excluding carboxylic acids is 1. The fraction of sp³-hybridized carbons (Fsp3) is 0.0455. The number of rotatable bonds is 4. The SMILES string of the molecule is O=C(OCc1cccc2cccnc12)c1nccnc1-c1nc2ccccc2s1. The number of thiazole rings is 1. The molecule has 29 heavy (non-hydrogen) atoms. The third-order valence-corrected chi connectivity index (χ3v) is 5.51. The average molecular weight is 398 g/mol. The summed E-state index contributed by atoms with van der Waals surface area (Å²) in [5, 5.41) is 1.63. The van der Waals surface area contributed by atoms with Gasteiger partial charge < -0.3 is 4.74 Å². The number of benzene rings is 2. The van der Waals surface area contributed by atoms with E-state index in [4.69, 9.17) is 4.74 Å². The van der Waals surface area contributed by atoms with E-state index in [1.165, 1.54) is 17.5 Å². The van der Waals surface area contributed by atoms with E-state index in [9.17, 15) is 4.79 Å². The molecular formula is C22H14N4O2S. The van der Waals surface area contributed by atoms with Crippen LogP contribution in [-0.2, 0) is 11.3 Å². The molecule has 7 heteroatoms. The molecule has 0 atom stereocenters. The maximum absolute atomic E-state index is 12.8. The zero-order valence-electron chi connectivity index (χ0n) is 15.1. The van der Waals surface area contributed by atoms with Crippen molar-refractivity contribution in [3.05, 3.63) is 84.4 Å². The lowest BCUT2D eigenvalue weighted by Gasteiger charge is -2.08. The molecule has 0 radical (unpaired) electrons. The zero-order chi connectivity index (χ0) is 19.6. The lowest BCUT2D eigenvalue weighted by Crippen LogP contribution is -2.10. The second-order valence-electron chi connectivity index (χ2n) is 6.31. The Hall–Kier alpha value is -3.71. The predicted octanol–water partition coefficient (Wildman–Crippen LogP) is 4.66. The van der Waals surface area contributed by atoms with Gasteiger partial charge in [0.15, 0.2) is 5.69 Å². The van der Waals surface area contributed by atoms with Gasteiger partial charge in [0, 0.05) is 29.5 Å². The second kappa shape index (κ2) is 7.37. The smallest absolute Gasteiger partial charge is 0.359 e. The van der Waals surface area contributed by atoms with E-state index in [1.54, 1.807) is 12.4 Å². The van der Waals surface area contributed by atoms with Crippen molar-refractivity contribution in [2.75, 3.05) is 0 Å². The number of esters is 1. The van der Waals surface area contributed by atoms with Crippen molar-refractivity contribution in [3.63, 3.8) is 0 Å². The maximum atomic E-state index is 12.8. The summed E-state index contributed by atoms with van der Waals surface area (Å²) < 4.78 is 6.58. The lowest BCUT2D eigenvalue weighted by atomic mass is 10.1. The normalized spacial score (nSPS) is 11.0. The fourth-order valence-corrected chi connectivity index (χ4v) is 4.08. The van der Waals surface area contributed by atoms with E-state index in [1.807, 2.05) is 54.6 Å². The molecule has 0 saturated heterocycles. The van der Waals surface area contributed by atoms with Gasteiger partial charge in [-0.1, -0.05) is 36.4 Å². The summed E-state index contributed by atoms with van der Waals surface area (Å²) in [6.45, 7) is 0.100. The topological polar surface area (TPSA) is 77.9 Å². The molecule has 6 nitrogen and oxygen atoms in total. The van der Waals surface area contributed by atoms with Crippen molar-refractivity contribution in [1.29, 1.82) is 0 Å². The number of hydrogen-bond acceptors (Lipinski definition) is 7. The van der Waals surface area contributed by atoms with Crippen LogP contribution in [0.4, 0.5) is 0 Å². The van der Waals surface area contributed by atoms with Gasteiger partial charge in [-0.3, -0.25) is 4.98 Å². The monoisotopic (exact) mass is 398 g/mol. The number of aromatic nitrogens is 4. The van der Waals surface area contributed by atoms with E-state index >= 15 is 0 Å². The largest absolute Gasteiger partial charge is 0.456 e. The van der Waals surface area contributed by atoms with Crippen molar-refractivity contribution < 1.29 is 9.53 Å². The molecular weight excluding hydrogens is 384 g/mol. The number of pyridine rings is 1. The van der Waals surface area contributed by atoms with Crippen LogP contribution in [0.3, 0.4) is 0 Å². The van der Waals surface area contributed by atoms with E-state index in [0.29, 0.717) is 10.7 Å². The Bertz CT molecular complexity index is 1310. The van der Waals surface area contributed by atoms with Gasteiger partial charge in [-0.2, -0.15) is 0 Å². The van der Waals surface area contributed by atoms with Crippen LogP contribution < -0.4 is 0 Å². The van der Waals surface area contributed by atoms with Crippen molar-refractivity contribution in [2.24, 2.45) is 0 Å². The molecule has 3 aromatic heterocycles. The highest BCUT2D eigenvalue weighted by molar-refractivity contribution is 7.21. The molecule has 0 bridgehead atoms. The Labute approximate surface area is 169 Å². The third-order valence-electron chi connectivity index (χ3n) is 4.46. The summed E-state index contributed by atoms with van der Waals surface area (Å²) in [4.78, 5) is 30.3. The average Bonchev–Trinajstić information content (AvgIpc) is 3.21. The summed E-state index contributed by atoms with van der Waals surface area (Å²) >= 11 is 1.47. The van der Waals surface area contributed by atoms with Crippen LogP contribution in [0.2, 0.25) is 0 Å². The standard InChI is InChI=1S/C22H14N4O2S/c27-22(28-13-15-6-3-5-14-7-4-10-23-18(14)15)20-19(24-11-12-25-20)21-26-16-8-1-2-9-17(16)29-21/h1-12H,13H2. The Morgan fingerprint density at radius 2 is 1.76 bits per heavy atom. The molecule has 0 saturated carbocycles. The summed E-state index contributed by atoms with van der Waals surface area (Å²) in [6.07, 6.45) is 4.75. The van der Waals surface area contributed by atoms with E-state index < -0.39 is 5.97 Å². The number of ether oxygens (including phenoxy) is 1. The number of carbonyl (C=O) groups is 1. The van der Waals surface area contributed by atoms with E-state index in [0.717, 1.165) is 26.7 Å².